The van der Waals surface area contributed by atoms with Gasteiger partial charge in [-0.25, -0.2) is 0 Å². The molecule has 0 heterocycles. The molecular formula is C14H13BrN2O3. The third kappa shape index (κ3) is 2.97. The van der Waals surface area contributed by atoms with Gasteiger partial charge >= 0.3 is 5.69 Å². The standard InChI is InChI=1S/C14H13BrN2O3/c1-9-3-2-4-12(17(18)19)14(9)20-13-6-5-11(15)7-10(13)8-16/h2-7H,8,16H2,1H3. The number of nitrogens with zero attached hydrogens (tertiary/aromatic N) is 1. The number of ether oxygens (including phenoxy) is 1. The Hall–Kier alpha value is -1.92. The van der Waals surface area contributed by atoms with Gasteiger partial charge in [-0.15, -0.1) is 0 Å². The van der Waals surface area contributed by atoms with Crippen molar-refractivity contribution in [1.82, 2.24) is 0 Å². The number of aryl methyl sites for hydroxylation is 1. The molecule has 2 aromatic rings. The predicted octanol–water partition coefficient (Wildman–Crippen LogP) is 3.92. The Morgan fingerprint density at radius 2 is 2.10 bits per heavy atom. The van der Waals surface area contributed by atoms with E-state index in [9.17, 15) is 10.1 Å². The lowest BCUT2D eigenvalue weighted by atomic mass is 10.1. The van der Waals surface area contributed by atoms with E-state index in [4.69, 9.17) is 10.5 Å². The Balaban J connectivity index is 2.47. The summed E-state index contributed by atoms with van der Waals surface area (Å²) in [7, 11) is 0. The van der Waals surface area contributed by atoms with Gasteiger partial charge in [-0.1, -0.05) is 28.1 Å². The molecule has 0 amide bonds. The van der Waals surface area contributed by atoms with Crippen LogP contribution in [0.3, 0.4) is 0 Å². The zero-order chi connectivity index (χ0) is 14.7. The van der Waals surface area contributed by atoms with Crippen LogP contribution < -0.4 is 10.5 Å². The Morgan fingerprint density at radius 3 is 2.75 bits per heavy atom. The van der Waals surface area contributed by atoms with E-state index in [0.29, 0.717) is 11.3 Å². The molecule has 0 atom stereocenters. The van der Waals surface area contributed by atoms with Gasteiger partial charge in [0.25, 0.3) is 0 Å². The molecule has 0 fully saturated rings. The maximum Gasteiger partial charge on any atom is 0.311 e. The zero-order valence-corrected chi connectivity index (χ0v) is 12.4. The summed E-state index contributed by atoms with van der Waals surface area (Å²) in [4.78, 5) is 10.6. The molecule has 2 rings (SSSR count). The minimum absolute atomic E-state index is 0.0594. The normalized spacial score (nSPS) is 10.3. The lowest BCUT2D eigenvalue weighted by Crippen LogP contribution is -2.01. The summed E-state index contributed by atoms with van der Waals surface area (Å²) in [6.07, 6.45) is 0. The van der Waals surface area contributed by atoms with Crippen molar-refractivity contribution < 1.29 is 9.66 Å². The van der Waals surface area contributed by atoms with Crippen LogP contribution in [0.4, 0.5) is 5.69 Å². The fourth-order valence-corrected chi connectivity index (χ4v) is 2.24. The molecule has 0 saturated carbocycles. The summed E-state index contributed by atoms with van der Waals surface area (Å²) in [5.41, 5.74) is 7.09. The largest absolute Gasteiger partial charge is 0.450 e. The van der Waals surface area contributed by atoms with Gasteiger partial charge in [0.15, 0.2) is 0 Å². The maximum atomic E-state index is 11.1. The molecule has 0 bridgehead atoms. The minimum atomic E-state index is -0.455. The van der Waals surface area contributed by atoms with Gasteiger partial charge in [-0.2, -0.15) is 0 Å². The van der Waals surface area contributed by atoms with Gasteiger partial charge in [0, 0.05) is 22.6 Å². The number of para-hydroxylation sites is 1. The van der Waals surface area contributed by atoms with E-state index < -0.39 is 4.92 Å². The van der Waals surface area contributed by atoms with Gasteiger partial charge in [0.05, 0.1) is 4.92 Å². The summed E-state index contributed by atoms with van der Waals surface area (Å²) in [5, 5.41) is 11.1. The van der Waals surface area contributed by atoms with Gasteiger partial charge in [-0.3, -0.25) is 10.1 Å². The highest BCUT2D eigenvalue weighted by Crippen LogP contribution is 2.36. The van der Waals surface area contributed by atoms with Gasteiger partial charge in [0.1, 0.15) is 5.75 Å². The van der Waals surface area contributed by atoms with Crippen LogP contribution in [0.5, 0.6) is 11.5 Å². The van der Waals surface area contributed by atoms with Crippen molar-refractivity contribution in [2.24, 2.45) is 5.73 Å². The Labute approximate surface area is 124 Å². The Morgan fingerprint density at radius 1 is 1.35 bits per heavy atom. The van der Waals surface area contributed by atoms with Crippen molar-refractivity contribution in [1.29, 1.82) is 0 Å². The van der Waals surface area contributed by atoms with Crippen LogP contribution in [-0.4, -0.2) is 4.92 Å². The van der Waals surface area contributed by atoms with Crippen LogP contribution in [0.25, 0.3) is 0 Å². The molecule has 20 heavy (non-hydrogen) atoms. The second kappa shape index (κ2) is 6.02. The molecule has 0 aromatic heterocycles. The number of nitrogens with two attached hydrogens (primary N) is 1. The molecule has 0 saturated heterocycles. The van der Waals surface area contributed by atoms with Crippen LogP contribution in [0, 0.1) is 17.0 Å². The van der Waals surface area contributed by atoms with Crippen molar-refractivity contribution in [3.05, 3.63) is 62.1 Å². The number of nitro benzene ring substituents is 1. The lowest BCUT2D eigenvalue weighted by molar-refractivity contribution is -0.385. The van der Waals surface area contributed by atoms with Crippen molar-refractivity contribution in [3.8, 4) is 11.5 Å². The third-order valence-corrected chi connectivity index (χ3v) is 3.34. The van der Waals surface area contributed by atoms with E-state index in [2.05, 4.69) is 15.9 Å². The molecule has 2 N–H and O–H groups in total. The molecule has 0 aliphatic heterocycles. The van der Waals surface area contributed by atoms with E-state index in [1.54, 1.807) is 31.2 Å². The van der Waals surface area contributed by atoms with Crippen LogP contribution in [-0.2, 0) is 6.54 Å². The molecule has 104 valence electrons. The monoisotopic (exact) mass is 336 g/mol. The third-order valence-electron chi connectivity index (χ3n) is 2.84. The van der Waals surface area contributed by atoms with Crippen molar-refractivity contribution in [2.45, 2.75) is 13.5 Å². The highest BCUT2D eigenvalue weighted by molar-refractivity contribution is 9.10. The highest BCUT2D eigenvalue weighted by atomic mass is 79.9. The summed E-state index contributed by atoms with van der Waals surface area (Å²) in [6.45, 7) is 2.05. The van der Waals surface area contributed by atoms with Crippen LogP contribution in [0.2, 0.25) is 0 Å². The molecule has 5 nitrogen and oxygen atoms in total. The highest BCUT2D eigenvalue weighted by Gasteiger charge is 2.18. The van der Waals surface area contributed by atoms with Crippen molar-refractivity contribution in [3.63, 3.8) is 0 Å². The van der Waals surface area contributed by atoms with Crippen LogP contribution in [0.15, 0.2) is 40.9 Å². The first-order chi connectivity index (χ1) is 9.52. The van der Waals surface area contributed by atoms with E-state index in [0.717, 1.165) is 10.0 Å². The van der Waals surface area contributed by atoms with Crippen LogP contribution in [0.1, 0.15) is 11.1 Å². The van der Waals surface area contributed by atoms with E-state index in [-0.39, 0.29) is 18.0 Å². The van der Waals surface area contributed by atoms with E-state index >= 15 is 0 Å². The summed E-state index contributed by atoms with van der Waals surface area (Å²) in [5.74, 6) is 0.766. The van der Waals surface area contributed by atoms with Gasteiger partial charge in [-0.05, 0) is 30.7 Å². The van der Waals surface area contributed by atoms with Gasteiger partial charge < -0.3 is 10.5 Å². The topological polar surface area (TPSA) is 78.4 Å². The molecule has 6 heteroatoms. The van der Waals surface area contributed by atoms with E-state index in [1.165, 1.54) is 6.07 Å². The molecule has 0 aliphatic carbocycles. The molecule has 0 radical (unpaired) electrons. The van der Waals surface area contributed by atoms with Crippen molar-refractivity contribution >= 4 is 21.6 Å². The Kier molecular flexibility index (Phi) is 4.36. The second-order valence-electron chi connectivity index (χ2n) is 4.24. The van der Waals surface area contributed by atoms with Crippen LogP contribution >= 0.6 is 15.9 Å². The quantitative estimate of drug-likeness (QED) is 0.677. The number of hydrogen-bond acceptors (Lipinski definition) is 4. The Bertz CT molecular complexity index is 659. The summed E-state index contributed by atoms with van der Waals surface area (Å²) >= 11 is 3.36. The molecular weight excluding hydrogens is 324 g/mol. The minimum Gasteiger partial charge on any atom is -0.450 e. The number of rotatable bonds is 4. The van der Waals surface area contributed by atoms with Gasteiger partial charge in [0.2, 0.25) is 5.75 Å². The number of hydrogen-bond donors (Lipinski definition) is 1. The predicted molar refractivity (Wildman–Crippen MR) is 79.9 cm³/mol. The lowest BCUT2D eigenvalue weighted by Gasteiger charge is -2.12. The summed E-state index contributed by atoms with van der Waals surface area (Å²) < 4.78 is 6.62. The fourth-order valence-electron chi connectivity index (χ4n) is 1.83. The smallest absolute Gasteiger partial charge is 0.311 e. The number of benzene rings is 2. The first-order valence-electron chi connectivity index (χ1n) is 5.93. The molecule has 2 aromatic carbocycles. The van der Waals surface area contributed by atoms with E-state index in [1.807, 2.05) is 6.07 Å². The molecule has 0 spiro atoms. The fraction of sp³-hybridized carbons (Fsp3) is 0.143. The first-order valence-corrected chi connectivity index (χ1v) is 6.72. The molecule has 0 unspecified atom stereocenters. The zero-order valence-electron chi connectivity index (χ0n) is 10.8. The number of nitro groups is 1. The average Bonchev–Trinajstić information content (AvgIpc) is 2.42. The number of halogens is 1. The maximum absolute atomic E-state index is 11.1. The molecule has 0 aliphatic rings. The summed E-state index contributed by atoms with van der Waals surface area (Å²) in [6, 6.07) is 10.2. The second-order valence-corrected chi connectivity index (χ2v) is 5.15. The average molecular weight is 337 g/mol. The van der Waals surface area contributed by atoms with Crippen molar-refractivity contribution in [2.75, 3.05) is 0 Å². The first kappa shape index (κ1) is 14.5. The SMILES string of the molecule is Cc1cccc([N+](=O)[O-])c1Oc1ccc(Br)cc1CN.